The van der Waals surface area contributed by atoms with E-state index < -0.39 is 10.0 Å². The molecule has 0 saturated carbocycles. The summed E-state index contributed by atoms with van der Waals surface area (Å²) in [6, 6.07) is 2.67. The van der Waals surface area contributed by atoms with E-state index in [2.05, 4.69) is 5.32 Å². The van der Waals surface area contributed by atoms with Crippen molar-refractivity contribution >= 4 is 44.8 Å². The highest BCUT2D eigenvalue weighted by Gasteiger charge is 2.30. The number of benzene rings is 1. The quantitative estimate of drug-likeness (QED) is 0.790. The van der Waals surface area contributed by atoms with Crippen LogP contribution in [0.25, 0.3) is 0 Å². The summed E-state index contributed by atoms with van der Waals surface area (Å²) < 4.78 is 26.3. The van der Waals surface area contributed by atoms with Gasteiger partial charge >= 0.3 is 0 Å². The van der Waals surface area contributed by atoms with Gasteiger partial charge in [-0.25, -0.2) is 8.42 Å². The number of amides is 1. The van der Waals surface area contributed by atoms with Gasteiger partial charge in [-0.2, -0.15) is 4.31 Å². The first-order valence-corrected chi connectivity index (χ1v) is 8.03. The number of anilines is 1. The lowest BCUT2D eigenvalue weighted by molar-refractivity contribution is -0.120. The molecule has 0 radical (unpaired) electrons. The predicted molar refractivity (Wildman–Crippen MR) is 77.3 cm³/mol. The smallest absolute Gasteiger partial charge is 0.246 e. The Balaban J connectivity index is 2.42. The van der Waals surface area contributed by atoms with E-state index in [4.69, 9.17) is 28.9 Å². The highest BCUT2D eigenvalue weighted by molar-refractivity contribution is 7.89. The van der Waals surface area contributed by atoms with Crippen LogP contribution in [0.2, 0.25) is 10.0 Å². The van der Waals surface area contributed by atoms with Crippen LogP contribution >= 0.6 is 23.2 Å². The van der Waals surface area contributed by atoms with Gasteiger partial charge in [0.25, 0.3) is 0 Å². The zero-order chi connectivity index (χ0) is 14.9. The molecule has 0 aliphatic carbocycles. The van der Waals surface area contributed by atoms with Crippen molar-refractivity contribution in [1.29, 1.82) is 0 Å². The maximum absolute atomic E-state index is 12.6. The van der Waals surface area contributed by atoms with E-state index in [1.54, 1.807) is 0 Å². The second-order valence-electron chi connectivity index (χ2n) is 4.32. The number of nitrogens with zero attached hydrogens (tertiary/aromatic N) is 1. The van der Waals surface area contributed by atoms with Crippen molar-refractivity contribution < 1.29 is 13.2 Å². The zero-order valence-electron chi connectivity index (χ0n) is 10.4. The Bertz CT molecular complexity index is 625. The van der Waals surface area contributed by atoms with Gasteiger partial charge in [-0.3, -0.25) is 4.79 Å². The molecule has 1 aromatic rings. The molecule has 0 atom stereocenters. The molecule has 1 aliphatic heterocycles. The van der Waals surface area contributed by atoms with E-state index in [0.29, 0.717) is 0 Å². The normalized spacial score (nSPS) is 17.6. The Hall–Kier alpha value is -1.02. The molecule has 1 amide bonds. The number of rotatable bonds is 2. The maximum atomic E-state index is 12.6. The minimum atomic E-state index is -3.87. The second-order valence-corrected chi connectivity index (χ2v) is 7.01. The number of carbonyl (C=O) groups is 1. The van der Waals surface area contributed by atoms with Crippen molar-refractivity contribution in [1.82, 2.24) is 9.62 Å². The van der Waals surface area contributed by atoms with Crippen molar-refractivity contribution in [3.63, 3.8) is 0 Å². The summed E-state index contributed by atoms with van der Waals surface area (Å²) in [7, 11) is -3.87. The molecule has 1 fully saturated rings. The Kier molecular flexibility index (Phi) is 4.43. The van der Waals surface area contributed by atoms with E-state index in [-0.39, 0.29) is 52.6 Å². The first-order chi connectivity index (χ1) is 9.32. The molecule has 20 heavy (non-hydrogen) atoms. The molecule has 1 aliphatic rings. The number of nitrogen functional groups attached to an aromatic ring is 1. The van der Waals surface area contributed by atoms with Crippen LogP contribution in [0.5, 0.6) is 0 Å². The minimum Gasteiger partial charge on any atom is -0.399 e. The van der Waals surface area contributed by atoms with Gasteiger partial charge in [0.2, 0.25) is 15.9 Å². The molecule has 0 aromatic heterocycles. The number of carbonyl (C=O) groups excluding carboxylic acids is 1. The summed E-state index contributed by atoms with van der Waals surface area (Å²) >= 11 is 11.9. The molecule has 1 saturated heterocycles. The molecule has 1 aromatic carbocycles. The van der Waals surface area contributed by atoms with Gasteiger partial charge in [-0.15, -0.1) is 0 Å². The van der Waals surface area contributed by atoms with Crippen molar-refractivity contribution in [3.8, 4) is 0 Å². The Labute approximate surface area is 126 Å². The Morgan fingerprint density at radius 2 is 1.80 bits per heavy atom. The predicted octanol–water partition coefficient (Wildman–Crippen LogP) is 1.09. The topological polar surface area (TPSA) is 92.5 Å². The van der Waals surface area contributed by atoms with Crippen LogP contribution in [0, 0.1) is 0 Å². The summed E-state index contributed by atoms with van der Waals surface area (Å²) in [6.45, 7) is 0.512. The fraction of sp³-hybridized carbons (Fsp3) is 0.364. The van der Waals surface area contributed by atoms with Crippen molar-refractivity contribution in [2.24, 2.45) is 0 Å². The number of nitrogens with one attached hydrogen (secondary N) is 1. The van der Waals surface area contributed by atoms with E-state index in [1.807, 2.05) is 0 Å². The third kappa shape index (κ3) is 3.01. The molecule has 2 rings (SSSR count). The second kappa shape index (κ2) is 5.77. The fourth-order valence-corrected chi connectivity index (χ4v) is 4.56. The number of hydrogen-bond donors (Lipinski definition) is 2. The molecule has 110 valence electrons. The average molecular weight is 338 g/mol. The molecular formula is C11H13Cl2N3O3S. The highest BCUT2D eigenvalue weighted by Crippen LogP contribution is 2.34. The van der Waals surface area contributed by atoms with Crippen LogP contribution in [0.4, 0.5) is 5.69 Å². The molecule has 1 heterocycles. The SMILES string of the molecule is Nc1cc(Cl)c(S(=O)(=O)N2CCNC(=O)CC2)c(Cl)c1. The van der Waals surface area contributed by atoms with Gasteiger partial charge < -0.3 is 11.1 Å². The van der Waals surface area contributed by atoms with Crippen molar-refractivity contribution in [2.45, 2.75) is 11.3 Å². The van der Waals surface area contributed by atoms with E-state index in [1.165, 1.54) is 16.4 Å². The summed E-state index contributed by atoms with van der Waals surface area (Å²) in [5.74, 6) is -0.183. The molecule has 9 heteroatoms. The van der Waals surface area contributed by atoms with Crippen LogP contribution in [0.15, 0.2) is 17.0 Å². The third-order valence-corrected chi connectivity index (χ3v) is 5.71. The van der Waals surface area contributed by atoms with Crippen LogP contribution in [0.1, 0.15) is 6.42 Å². The first kappa shape index (κ1) is 15.4. The number of nitrogens with two attached hydrogens (primary N) is 1. The van der Waals surface area contributed by atoms with E-state index in [0.717, 1.165) is 0 Å². The number of halogens is 2. The molecule has 0 spiro atoms. The van der Waals surface area contributed by atoms with Gasteiger partial charge in [0, 0.05) is 31.7 Å². The first-order valence-electron chi connectivity index (χ1n) is 5.84. The van der Waals surface area contributed by atoms with Gasteiger partial charge in [-0.05, 0) is 12.1 Å². The van der Waals surface area contributed by atoms with Gasteiger partial charge in [0.05, 0.1) is 10.0 Å². The summed E-state index contributed by atoms with van der Waals surface area (Å²) in [4.78, 5) is 11.1. The maximum Gasteiger partial charge on any atom is 0.246 e. The summed E-state index contributed by atoms with van der Waals surface area (Å²) in [5.41, 5.74) is 5.85. The van der Waals surface area contributed by atoms with Crippen molar-refractivity contribution in [3.05, 3.63) is 22.2 Å². The monoisotopic (exact) mass is 337 g/mol. The largest absolute Gasteiger partial charge is 0.399 e. The van der Waals surface area contributed by atoms with E-state index >= 15 is 0 Å². The van der Waals surface area contributed by atoms with Gasteiger partial charge in [0.1, 0.15) is 4.90 Å². The van der Waals surface area contributed by atoms with Crippen molar-refractivity contribution in [2.75, 3.05) is 25.4 Å². The third-order valence-electron chi connectivity index (χ3n) is 2.89. The molecule has 3 N–H and O–H groups in total. The molecule has 6 nitrogen and oxygen atoms in total. The van der Waals surface area contributed by atoms with Gasteiger partial charge in [-0.1, -0.05) is 23.2 Å². The fourth-order valence-electron chi connectivity index (χ4n) is 1.94. The molecule has 0 bridgehead atoms. The van der Waals surface area contributed by atoms with Crippen LogP contribution < -0.4 is 11.1 Å². The molecule has 0 unspecified atom stereocenters. The van der Waals surface area contributed by atoms with Crippen LogP contribution in [0.3, 0.4) is 0 Å². The standard InChI is InChI=1S/C11H13Cl2N3O3S/c12-8-5-7(14)6-9(13)11(8)20(18,19)16-3-1-10(17)15-2-4-16/h5-6H,1-4,14H2,(H,15,17). The van der Waals surface area contributed by atoms with E-state index in [9.17, 15) is 13.2 Å². The average Bonchev–Trinajstić information content (AvgIpc) is 2.52. The number of sulfonamides is 1. The molecular weight excluding hydrogens is 325 g/mol. The lowest BCUT2D eigenvalue weighted by atomic mass is 10.3. The van der Waals surface area contributed by atoms with Crippen LogP contribution in [-0.4, -0.2) is 38.3 Å². The zero-order valence-corrected chi connectivity index (χ0v) is 12.7. The lowest BCUT2D eigenvalue weighted by Crippen LogP contribution is -2.34. The minimum absolute atomic E-state index is 0.0291. The van der Waals surface area contributed by atoms with Crippen LogP contribution in [-0.2, 0) is 14.8 Å². The Morgan fingerprint density at radius 1 is 1.20 bits per heavy atom. The highest BCUT2D eigenvalue weighted by atomic mass is 35.5. The summed E-state index contributed by atoms with van der Waals surface area (Å²) in [5, 5.41) is 2.55. The Morgan fingerprint density at radius 3 is 2.40 bits per heavy atom. The lowest BCUT2D eigenvalue weighted by Gasteiger charge is -2.20. The number of hydrogen-bond acceptors (Lipinski definition) is 4. The van der Waals surface area contributed by atoms with Gasteiger partial charge in [0.15, 0.2) is 0 Å². The summed E-state index contributed by atoms with van der Waals surface area (Å²) in [6.07, 6.45) is 0.101.